The van der Waals surface area contributed by atoms with Crippen molar-refractivity contribution < 1.29 is 27.8 Å². The molecule has 0 aliphatic carbocycles. The van der Waals surface area contributed by atoms with Crippen molar-refractivity contribution in [1.29, 1.82) is 0 Å². The third-order valence-corrected chi connectivity index (χ3v) is 6.52. The second-order valence-electron chi connectivity index (χ2n) is 9.36. The van der Waals surface area contributed by atoms with Crippen LogP contribution in [-0.2, 0) is 6.18 Å². The SMILES string of the molecule is CN1CCN(CCCOc2cc(C(=O)Nc3ccc(O)c(N)c3)ccc2-c2ccc(C(F)(F)F)cc2)CC1. The zero-order valence-electron chi connectivity index (χ0n) is 21.1. The molecule has 1 saturated heterocycles. The molecule has 1 aliphatic rings. The topological polar surface area (TPSA) is 91.1 Å². The smallest absolute Gasteiger partial charge is 0.416 e. The summed E-state index contributed by atoms with van der Waals surface area (Å²) in [6.07, 6.45) is -3.67. The second kappa shape index (κ2) is 11.7. The summed E-state index contributed by atoms with van der Waals surface area (Å²) in [6.45, 7) is 5.27. The molecule has 38 heavy (non-hydrogen) atoms. The maximum Gasteiger partial charge on any atom is 0.416 e. The number of carbonyl (C=O) groups is 1. The summed E-state index contributed by atoms with van der Waals surface area (Å²) in [5.74, 6) is -0.103. The fourth-order valence-corrected chi connectivity index (χ4v) is 4.24. The van der Waals surface area contributed by atoms with E-state index in [2.05, 4.69) is 22.2 Å². The zero-order chi connectivity index (χ0) is 27.3. The number of nitrogens with two attached hydrogens (primary N) is 1. The van der Waals surface area contributed by atoms with Crippen molar-refractivity contribution in [2.45, 2.75) is 12.6 Å². The van der Waals surface area contributed by atoms with Gasteiger partial charge in [0.25, 0.3) is 5.91 Å². The molecule has 0 atom stereocenters. The number of hydrogen-bond donors (Lipinski definition) is 3. The number of anilines is 2. The average molecular weight is 529 g/mol. The minimum atomic E-state index is -4.43. The number of carbonyl (C=O) groups excluding carboxylic acids is 1. The predicted molar refractivity (Wildman–Crippen MR) is 141 cm³/mol. The molecule has 7 nitrogen and oxygen atoms in total. The Kier molecular flexibility index (Phi) is 8.43. The highest BCUT2D eigenvalue weighted by Crippen LogP contribution is 2.35. The van der Waals surface area contributed by atoms with Crippen LogP contribution in [0.4, 0.5) is 24.5 Å². The first-order chi connectivity index (χ1) is 18.1. The maximum atomic E-state index is 13.1. The van der Waals surface area contributed by atoms with Crippen molar-refractivity contribution in [3.05, 3.63) is 71.8 Å². The quantitative estimate of drug-likeness (QED) is 0.166. The van der Waals surface area contributed by atoms with Crippen molar-refractivity contribution in [3.8, 4) is 22.6 Å². The van der Waals surface area contributed by atoms with E-state index in [4.69, 9.17) is 10.5 Å². The fraction of sp³-hybridized carbons (Fsp3) is 0.321. The summed E-state index contributed by atoms with van der Waals surface area (Å²) in [7, 11) is 2.10. The van der Waals surface area contributed by atoms with Crippen LogP contribution in [-0.4, -0.2) is 67.2 Å². The van der Waals surface area contributed by atoms with E-state index >= 15 is 0 Å². The van der Waals surface area contributed by atoms with Gasteiger partial charge in [-0.25, -0.2) is 0 Å². The molecule has 0 saturated carbocycles. The Hall–Kier alpha value is -3.76. The Morgan fingerprint density at radius 3 is 2.39 bits per heavy atom. The van der Waals surface area contributed by atoms with E-state index in [1.54, 1.807) is 18.2 Å². The van der Waals surface area contributed by atoms with Gasteiger partial charge in [0.05, 0.1) is 17.9 Å². The van der Waals surface area contributed by atoms with Gasteiger partial charge in [0.1, 0.15) is 11.5 Å². The van der Waals surface area contributed by atoms with Crippen molar-refractivity contribution in [1.82, 2.24) is 9.80 Å². The van der Waals surface area contributed by atoms with E-state index in [-0.39, 0.29) is 11.4 Å². The maximum absolute atomic E-state index is 13.1. The molecule has 0 unspecified atom stereocenters. The summed E-state index contributed by atoms with van der Waals surface area (Å²) in [4.78, 5) is 17.6. The average Bonchev–Trinajstić information content (AvgIpc) is 2.89. The van der Waals surface area contributed by atoms with Crippen LogP contribution in [0.1, 0.15) is 22.3 Å². The number of nitrogens with one attached hydrogen (secondary N) is 1. The molecule has 0 aromatic heterocycles. The van der Waals surface area contributed by atoms with Crippen LogP contribution < -0.4 is 15.8 Å². The Bertz CT molecular complexity index is 1260. The molecule has 10 heteroatoms. The minimum absolute atomic E-state index is 0.0869. The molecule has 0 bridgehead atoms. The number of rotatable bonds is 8. The van der Waals surface area contributed by atoms with Gasteiger partial charge in [-0.2, -0.15) is 13.2 Å². The largest absolute Gasteiger partial charge is 0.506 e. The first-order valence-corrected chi connectivity index (χ1v) is 12.4. The first kappa shape index (κ1) is 27.3. The van der Waals surface area contributed by atoms with Gasteiger partial charge in [-0.05, 0) is 67.6 Å². The molecule has 1 amide bonds. The molecule has 0 spiro atoms. The summed E-state index contributed by atoms with van der Waals surface area (Å²) >= 11 is 0. The summed E-state index contributed by atoms with van der Waals surface area (Å²) < 4.78 is 45.2. The molecule has 1 aliphatic heterocycles. The van der Waals surface area contributed by atoms with Gasteiger partial charge >= 0.3 is 6.18 Å². The molecule has 3 aromatic rings. The molecular weight excluding hydrogens is 497 g/mol. The number of piperazine rings is 1. The van der Waals surface area contributed by atoms with Gasteiger partial charge in [-0.3, -0.25) is 4.79 Å². The number of nitrogen functional groups attached to an aromatic ring is 1. The highest BCUT2D eigenvalue weighted by Gasteiger charge is 2.30. The number of benzene rings is 3. The van der Waals surface area contributed by atoms with Gasteiger partial charge < -0.3 is 30.7 Å². The Morgan fingerprint density at radius 2 is 1.74 bits per heavy atom. The van der Waals surface area contributed by atoms with Crippen molar-refractivity contribution in [2.24, 2.45) is 0 Å². The third-order valence-electron chi connectivity index (χ3n) is 6.52. The fourth-order valence-electron chi connectivity index (χ4n) is 4.24. The van der Waals surface area contributed by atoms with E-state index in [9.17, 15) is 23.1 Å². The number of amides is 1. The van der Waals surface area contributed by atoms with Gasteiger partial charge in [-0.15, -0.1) is 0 Å². The standard InChI is InChI=1S/C28H31F3N4O3/c1-34-12-14-35(15-13-34)11-2-16-38-26-17-20(27(37)33-22-8-10-25(36)24(32)18-22)5-9-23(26)19-3-6-21(7-4-19)28(29,30)31/h3-10,17-18,36H,2,11-16,32H2,1H3,(H,33,37). The van der Waals surface area contributed by atoms with Crippen molar-refractivity contribution in [2.75, 3.05) is 57.4 Å². The first-order valence-electron chi connectivity index (χ1n) is 12.4. The lowest BCUT2D eigenvalue weighted by Gasteiger charge is -2.32. The number of nitrogens with zero attached hydrogens (tertiary/aromatic N) is 2. The van der Waals surface area contributed by atoms with Crippen LogP contribution in [0.3, 0.4) is 0 Å². The molecule has 202 valence electrons. The lowest BCUT2D eigenvalue weighted by atomic mass is 10.0. The number of alkyl halides is 3. The third kappa shape index (κ3) is 6.96. The number of likely N-dealkylation sites (N-methyl/N-ethyl adjacent to an activating group) is 1. The molecule has 3 aromatic carbocycles. The molecule has 1 heterocycles. The molecule has 0 radical (unpaired) electrons. The van der Waals surface area contributed by atoms with Crippen LogP contribution >= 0.6 is 0 Å². The number of aromatic hydroxyl groups is 1. The van der Waals surface area contributed by atoms with E-state index < -0.39 is 17.6 Å². The number of hydrogen-bond acceptors (Lipinski definition) is 6. The van der Waals surface area contributed by atoms with Crippen LogP contribution in [0.5, 0.6) is 11.5 Å². The summed E-state index contributed by atoms with van der Waals surface area (Å²) in [6, 6.07) is 14.0. The highest BCUT2D eigenvalue weighted by atomic mass is 19.4. The zero-order valence-corrected chi connectivity index (χ0v) is 21.1. The molecule has 4 rings (SSSR count). The predicted octanol–water partition coefficient (Wildman–Crippen LogP) is 4.93. The van der Waals surface area contributed by atoms with E-state index in [1.165, 1.54) is 30.3 Å². The van der Waals surface area contributed by atoms with Crippen molar-refractivity contribution in [3.63, 3.8) is 0 Å². The monoisotopic (exact) mass is 528 g/mol. The Labute approximate surface area is 219 Å². The Morgan fingerprint density at radius 1 is 1.03 bits per heavy atom. The summed E-state index contributed by atoms with van der Waals surface area (Å²) in [5, 5.41) is 12.3. The van der Waals surface area contributed by atoms with E-state index in [1.807, 2.05) is 0 Å². The number of phenolic OH excluding ortho intramolecular Hbond substituents is 1. The summed E-state index contributed by atoms with van der Waals surface area (Å²) in [5.41, 5.74) is 6.95. The number of ether oxygens (including phenoxy) is 1. The van der Waals surface area contributed by atoms with Crippen LogP contribution in [0.15, 0.2) is 60.7 Å². The molecular formula is C28H31F3N4O3. The highest BCUT2D eigenvalue weighted by molar-refractivity contribution is 6.05. The van der Waals surface area contributed by atoms with Crippen LogP contribution in [0.25, 0.3) is 11.1 Å². The van der Waals surface area contributed by atoms with Gasteiger partial charge in [0, 0.05) is 49.5 Å². The van der Waals surface area contributed by atoms with Crippen LogP contribution in [0, 0.1) is 0 Å². The van der Waals surface area contributed by atoms with Gasteiger partial charge in [-0.1, -0.05) is 12.1 Å². The number of halogens is 3. The molecule has 1 fully saturated rings. The Balaban J connectivity index is 1.52. The van der Waals surface area contributed by atoms with Gasteiger partial charge in [0.2, 0.25) is 0 Å². The number of phenols is 1. The lowest BCUT2D eigenvalue weighted by Crippen LogP contribution is -2.44. The lowest BCUT2D eigenvalue weighted by molar-refractivity contribution is -0.137. The molecule has 4 N–H and O–H groups in total. The minimum Gasteiger partial charge on any atom is -0.506 e. The second-order valence-corrected chi connectivity index (χ2v) is 9.36. The van der Waals surface area contributed by atoms with Crippen LogP contribution in [0.2, 0.25) is 0 Å². The van der Waals surface area contributed by atoms with Crippen molar-refractivity contribution >= 4 is 17.3 Å². The normalized spacial score (nSPS) is 14.8. The van der Waals surface area contributed by atoms with E-state index in [0.29, 0.717) is 34.7 Å². The van der Waals surface area contributed by atoms with Gasteiger partial charge in [0.15, 0.2) is 0 Å². The van der Waals surface area contributed by atoms with E-state index in [0.717, 1.165) is 51.3 Å².